The standard InChI is InChI=1S/C29H33FN8/c1-29(2)17-31-10-4-7-23(29)36-28-26-21(18-5-3-6-18)15-32-16-22(26)35-27(38-28)19-8-11-33-24(13-19)37-25-14-20(30)9-12-34-25/h8-9,11-16,18,23,31H,3-7,10,17H2,1-2H3,(H,33,34,37)(H,35,36,38). The maximum atomic E-state index is 13.7. The molecule has 1 unspecified atom stereocenters. The number of halogens is 1. The molecular formula is C29H33FN8. The number of fused-ring (bicyclic) bond motifs is 1. The van der Waals surface area contributed by atoms with Crippen molar-refractivity contribution in [1.82, 2.24) is 30.2 Å². The van der Waals surface area contributed by atoms with Crippen LogP contribution in [0.5, 0.6) is 0 Å². The highest BCUT2D eigenvalue weighted by Crippen LogP contribution is 2.42. The topological polar surface area (TPSA) is 101 Å². The van der Waals surface area contributed by atoms with Gasteiger partial charge in [-0.3, -0.25) is 4.98 Å². The third-order valence-electron chi connectivity index (χ3n) is 7.86. The summed E-state index contributed by atoms with van der Waals surface area (Å²) in [4.78, 5) is 23.2. The SMILES string of the molecule is CC1(C)CNCCCC1Nc1nc(-c2ccnc(Nc3cc(F)ccn3)c2)nc2cncc(C3CCC3)c12. The molecule has 1 saturated heterocycles. The molecule has 4 aromatic heterocycles. The van der Waals surface area contributed by atoms with Gasteiger partial charge < -0.3 is 16.0 Å². The summed E-state index contributed by atoms with van der Waals surface area (Å²) < 4.78 is 13.7. The molecule has 0 bridgehead atoms. The first-order valence-electron chi connectivity index (χ1n) is 13.4. The molecule has 3 N–H and O–H groups in total. The Bertz CT molecular complexity index is 1450. The molecule has 6 rings (SSSR count). The van der Waals surface area contributed by atoms with Crippen LogP contribution in [0.2, 0.25) is 0 Å². The second kappa shape index (κ2) is 10.2. The first kappa shape index (κ1) is 24.6. The van der Waals surface area contributed by atoms with Gasteiger partial charge in [0.15, 0.2) is 5.82 Å². The van der Waals surface area contributed by atoms with E-state index in [1.165, 1.54) is 43.2 Å². The van der Waals surface area contributed by atoms with Crippen LogP contribution in [0.25, 0.3) is 22.3 Å². The normalized spacial score (nSPS) is 19.5. The summed E-state index contributed by atoms with van der Waals surface area (Å²) in [7, 11) is 0. The Morgan fingerprint density at radius 1 is 0.974 bits per heavy atom. The van der Waals surface area contributed by atoms with E-state index in [2.05, 4.69) is 44.7 Å². The number of anilines is 3. The van der Waals surface area contributed by atoms with Gasteiger partial charge in [-0.25, -0.2) is 24.3 Å². The molecule has 1 aliphatic heterocycles. The van der Waals surface area contributed by atoms with E-state index in [9.17, 15) is 4.39 Å². The van der Waals surface area contributed by atoms with Crippen LogP contribution in [0.3, 0.4) is 0 Å². The van der Waals surface area contributed by atoms with E-state index in [1.54, 1.807) is 6.20 Å². The minimum atomic E-state index is -0.362. The molecule has 2 aliphatic rings. The Kier molecular flexibility index (Phi) is 6.61. The molecule has 1 saturated carbocycles. The van der Waals surface area contributed by atoms with Crippen LogP contribution < -0.4 is 16.0 Å². The van der Waals surface area contributed by atoms with Crippen molar-refractivity contribution in [2.24, 2.45) is 5.41 Å². The maximum Gasteiger partial charge on any atom is 0.162 e. The number of hydrogen-bond donors (Lipinski definition) is 3. The Balaban J connectivity index is 1.42. The van der Waals surface area contributed by atoms with Gasteiger partial charge in [-0.1, -0.05) is 20.3 Å². The summed E-state index contributed by atoms with van der Waals surface area (Å²) in [5.74, 6) is 2.52. The van der Waals surface area contributed by atoms with E-state index >= 15 is 0 Å². The lowest BCUT2D eigenvalue weighted by Crippen LogP contribution is -2.41. The van der Waals surface area contributed by atoms with Crippen molar-refractivity contribution in [3.05, 3.63) is 60.4 Å². The van der Waals surface area contributed by atoms with Crippen LogP contribution in [-0.4, -0.2) is 44.1 Å². The summed E-state index contributed by atoms with van der Waals surface area (Å²) in [6.45, 7) is 6.60. The van der Waals surface area contributed by atoms with Crippen LogP contribution in [0, 0.1) is 11.2 Å². The van der Waals surface area contributed by atoms with Crippen molar-refractivity contribution in [1.29, 1.82) is 0 Å². The molecule has 0 spiro atoms. The average Bonchev–Trinajstić information content (AvgIpc) is 3.03. The summed E-state index contributed by atoms with van der Waals surface area (Å²) in [5.41, 5.74) is 2.94. The van der Waals surface area contributed by atoms with E-state index in [-0.39, 0.29) is 17.3 Å². The van der Waals surface area contributed by atoms with Gasteiger partial charge in [-0.15, -0.1) is 0 Å². The Morgan fingerprint density at radius 2 is 1.79 bits per heavy atom. The molecule has 38 heavy (non-hydrogen) atoms. The minimum Gasteiger partial charge on any atom is -0.366 e. The van der Waals surface area contributed by atoms with E-state index in [4.69, 9.17) is 9.97 Å². The van der Waals surface area contributed by atoms with Gasteiger partial charge in [-0.05, 0) is 67.3 Å². The lowest BCUT2D eigenvalue weighted by molar-refractivity contribution is 0.302. The number of pyridine rings is 3. The van der Waals surface area contributed by atoms with Gasteiger partial charge in [0.05, 0.1) is 11.7 Å². The second-order valence-electron chi connectivity index (χ2n) is 11.1. The monoisotopic (exact) mass is 512 g/mol. The first-order chi connectivity index (χ1) is 18.5. The van der Waals surface area contributed by atoms with E-state index in [1.807, 2.05) is 24.5 Å². The van der Waals surface area contributed by atoms with E-state index in [0.29, 0.717) is 23.4 Å². The molecule has 5 heterocycles. The van der Waals surface area contributed by atoms with Crippen molar-refractivity contribution in [3.63, 3.8) is 0 Å². The molecule has 2 fully saturated rings. The zero-order valence-electron chi connectivity index (χ0n) is 21.8. The van der Waals surface area contributed by atoms with Crippen molar-refractivity contribution in [2.45, 2.75) is 57.9 Å². The number of nitrogens with zero attached hydrogens (tertiary/aromatic N) is 5. The summed E-state index contributed by atoms with van der Waals surface area (Å²) in [6.07, 6.45) is 12.7. The average molecular weight is 513 g/mol. The fourth-order valence-electron chi connectivity index (χ4n) is 5.40. The van der Waals surface area contributed by atoms with Gasteiger partial charge in [0, 0.05) is 48.2 Å². The lowest BCUT2D eigenvalue weighted by Gasteiger charge is -2.34. The molecule has 0 aromatic carbocycles. The highest BCUT2D eigenvalue weighted by Gasteiger charge is 2.32. The fraction of sp³-hybridized carbons (Fsp3) is 0.414. The molecule has 1 atom stereocenters. The van der Waals surface area contributed by atoms with Gasteiger partial charge >= 0.3 is 0 Å². The second-order valence-corrected chi connectivity index (χ2v) is 11.1. The van der Waals surface area contributed by atoms with Gasteiger partial charge in [-0.2, -0.15) is 0 Å². The fourth-order valence-corrected chi connectivity index (χ4v) is 5.40. The molecule has 9 heteroatoms. The lowest BCUT2D eigenvalue weighted by atomic mass is 9.79. The quantitative estimate of drug-likeness (QED) is 0.297. The highest BCUT2D eigenvalue weighted by atomic mass is 19.1. The van der Waals surface area contributed by atoms with Crippen molar-refractivity contribution < 1.29 is 4.39 Å². The maximum absolute atomic E-state index is 13.7. The number of hydrogen-bond acceptors (Lipinski definition) is 8. The molecular weight excluding hydrogens is 479 g/mol. The predicted octanol–water partition coefficient (Wildman–Crippen LogP) is 5.82. The molecule has 196 valence electrons. The Labute approximate surface area is 222 Å². The van der Waals surface area contributed by atoms with Crippen molar-refractivity contribution in [2.75, 3.05) is 23.7 Å². The summed E-state index contributed by atoms with van der Waals surface area (Å²) in [5, 5.41) is 11.6. The Morgan fingerprint density at radius 3 is 2.58 bits per heavy atom. The number of aromatic nitrogens is 5. The van der Waals surface area contributed by atoms with Gasteiger partial charge in [0.2, 0.25) is 0 Å². The summed E-state index contributed by atoms with van der Waals surface area (Å²) in [6, 6.07) is 6.65. The highest BCUT2D eigenvalue weighted by molar-refractivity contribution is 5.93. The van der Waals surface area contributed by atoms with Crippen molar-refractivity contribution in [3.8, 4) is 11.4 Å². The largest absolute Gasteiger partial charge is 0.366 e. The smallest absolute Gasteiger partial charge is 0.162 e. The zero-order chi connectivity index (χ0) is 26.1. The van der Waals surface area contributed by atoms with Crippen molar-refractivity contribution >= 4 is 28.4 Å². The molecule has 0 radical (unpaired) electrons. The van der Waals surface area contributed by atoms with Crippen LogP contribution in [-0.2, 0) is 0 Å². The number of rotatable bonds is 6. The van der Waals surface area contributed by atoms with Crippen LogP contribution in [0.1, 0.15) is 57.4 Å². The number of nitrogens with one attached hydrogen (secondary N) is 3. The summed E-state index contributed by atoms with van der Waals surface area (Å²) >= 11 is 0. The molecule has 8 nitrogen and oxygen atoms in total. The van der Waals surface area contributed by atoms with Crippen LogP contribution in [0.4, 0.5) is 21.8 Å². The predicted molar refractivity (Wildman–Crippen MR) is 148 cm³/mol. The molecule has 1 aliphatic carbocycles. The zero-order valence-corrected chi connectivity index (χ0v) is 21.8. The Hall–Kier alpha value is -3.72. The van der Waals surface area contributed by atoms with E-state index in [0.717, 1.165) is 48.2 Å². The van der Waals surface area contributed by atoms with Gasteiger partial charge in [0.1, 0.15) is 23.3 Å². The third-order valence-corrected chi connectivity index (χ3v) is 7.86. The molecule has 4 aromatic rings. The van der Waals surface area contributed by atoms with E-state index < -0.39 is 0 Å². The van der Waals surface area contributed by atoms with Gasteiger partial charge in [0.25, 0.3) is 0 Å². The minimum absolute atomic E-state index is 0.0588. The van der Waals surface area contributed by atoms with Crippen LogP contribution in [0.15, 0.2) is 49.1 Å². The van der Waals surface area contributed by atoms with Crippen LogP contribution >= 0.6 is 0 Å². The molecule has 0 amide bonds. The first-order valence-corrected chi connectivity index (χ1v) is 13.4. The third kappa shape index (κ3) is 5.03.